The molecule has 1 aliphatic carbocycles. The summed E-state index contributed by atoms with van der Waals surface area (Å²) in [4.78, 5) is 13.2. The van der Waals surface area contributed by atoms with Crippen molar-refractivity contribution in [2.45, 2.75) is 64.3 Å². The fraction of sp³-hybridized carbons (Fsp3) is 0.611. The number of thiol groups is 1. The fourth-order valence-electron chi connectivity index (χ4n) is 4.03. The van der Waals surface area contributed by atoms with Gasteiger partial charge in [0.25, 0.3) is 0 Å². The van der Waals surface area contributed by atoms with Gasteiger partial charge in [-0.25, -0.2) is 0 Å². The van der Waals surface area contributed by atoms with E-state index in [1.54, 1.807) is 0 Å². The zero-order chi connectivity index (χ0) is 15.7. The van der Waals surface area contributed by atoms with Gasteiger partial charge in [0.15, 0.2) is 0 Å². The molecule has 2 rings (SSSR count). The van der Waals surface area contributed by atoms with Crippen LogP contribution < -0.4 is 5.32 Å². The van der Waals surface area contributed by atoms with Crippen molar-refractivity contribution < 1.29 is 4.79 Å². The monoisotopic (exact) mass is 305 g/mol. The van der Waals surface area contributed by atoms with Gasteiger partial charge in [-0.1, -0.05) is 39.8 Å². The van der Waals surface area contributed by atoms with Crippen molar-refractivity contribution in [3.8, 4) is 0 Å². The molecule has 0 aliphatic heterocycles. The number of nitrogens with one attached hydrogen (secondary N) is 1. The first kappa shape index (κ1) is 16.4. The summed E-state index contributed by atoms with van der Waals surface area (Å²) in [6.45, 7) is 9.22. The smallest absolute Gasteiger partial charge is 0.224 e. The summed E-state index contributed by atoms with van der Waals surface area (Å²) in [6, 6.07) is 8.09. The third-order valence-corrected chi connectivity index (χ3v) is 4.52. The fourth-order valence-corrected chi connectivity index (χ4v) is 4.18. The van der Waals surface area contributed by atoms with E-state index >= 15 is 0 Å². The highest BCUT2D eigenvalue weighted by Crippen LogP contribution is 2.45. The van der Waals surface area contributed by atoms with E-state index < -0.39 is 0 Å². The molecule has 116 valence electrons. The van der Waals surface area contributed by atoms with Crippen LogP contribution in [0.2, 0.25) is 0 Å². The Morgan fingerprint density at radius 1 is 1.14 bits per heavy atom. The van der Waals surface area contributed by atoms with Gasteiger partial charge < -0.3 is 5.32 Å². The van der Waals surface area contributed by atoms with Gasteiger partial charge >= 0.3 is 0 Å². The van der Waals surface area contributed by atoms with Crippen LogP contribution in [0.15, 0.2) is 29.2 Å². The molecule has 1 fully saturated rings. The van der Waals surface area contributed by atoms with E-state index in [1.165, 1.54) is 6.42 Å². The molecular formula is C18H27NOS. The second-order valence-electron chi connectivity index (χ2n) is 8.02. The summed E-state index contributed by atoms with van der Waals surface area (Å²) in [5.74, 6) is 0.125. The largest absolute Gasteiger partial charge is 0.353 e. The highest BCUT2D eigenvalue weighted by atomic mass is 32.1. The third kappa shape index (κ3) is 5.06. The molecule has 0 spiro atoms. The molecule has 0 saturated heterocycles. The summed E-state index contributed by atoms with van der Waals surface area (Å²) in [5, 5.41) is 3.24. The first-order valence-electron chi connectivity index (χ1n) is 7.73. The lowest BCUT2D eigenvalue weighted by atomic mass is 9.63. The highest BCUT2D eigenvalue weighted by molar-refractivity contribution is 7.80. The molecule has 3 heteroatoms. The van der Waals surface area contributed by atoms with Gasteiger partial charge in [0, 0.05) is 10.9 Å². The predicted molar refractivity (Wildman–Crippen MR) is 90.7 cm³/mol. The molecule has 2 nitrogen and oxygen atoms in total. The van der Waals surface area contributed by atoms with E-state index in [0.717, 1.165) is 23.3 Å². The van der Waals surface area contributed by atoms with Crippen LogP contribution in [0.3, 0.4) is 0 Å². The predicted octanol–water partition coefficient (Wildman–Crippen LogP) is 4.24. The molecule has 0 aromatic heterocycles. The summed E-state index contributed by atoms with van der Waals surface area (Å²) >= 11 is 4.27. The molecular weight excluding hydrogens is 278 g/mol. The molecule has 0 radical (unpaired) electrons. The molecule has 1 N–H and O–H groups in total. The Bertz CT molecular complexity index is 488. The van der Waals surface area contributed by atoms with Gasteiger partial charge in [0.1, 0.15) is 0 Å². The second kappa shape index (κ2) is 6.04. The zero-order valence-corrected chi connectivity index (χ0v) is 14.5. The standard InChI is InChI=1S/C18H27NOS/c1-17(2)10-14(11-18(3,4)12-17)19-16(20)9-13-5-7-15(21)8-6-13/h5-8,14,21H,9-12H2,1-4H3,(H,19,20). The topological polar surface area (TPSA) is 29.1 Å². The van der Waals surface area contributed by atoms with Gasteiger partial charge in [-0.05, 0) is 47.8 Å². The Morgan fingerprint density at radius 2 is 1.67 bits per heavy atom. The number of amides is 1. The lowest BCUT2D eigenvalue weighted by molar-refractivity contribution is -0.122. The second-order valence-corrected chi connectivity index (χ2v) is 8.54. The summed E-state index contributed by atoms with van der Waals surface area (Å²) in [7, 11) is 0. The molecule has 1 aliphatic rings. The quantitative estimate of drug-likeness (QED) is 0.804. The van der Waals surface area contributed by atoms with Gasteiger partial charge in [-0.2, -0.15) is 0 Å². The SMILES string of the molecule is CC1(C)CC(NC(=O)Cc2ccc(S)cc2)CC(C)(C)C1. The lowest BCUT2D eigenvalue weighted by Gasteiger charge is -2.45. The Labute approximate surface area is 134 Å². The number of hydrogen-bond donors (Lipinski definition) is 2. The van der Waals surface area contributed by atoms with Crippen LogP contribution in [0, 0.1) is 10.8 Å². The van der Waals surface area contributed by atoms with E-state index in [0.29, 0.717) is 23.3 Å². The number of benzene rings is 1. The molecule has 0 heterocycles. The molecule has 1 amide bonds. The van der Waals surface area contributed by atoms with Crippen LogP contribution in [0.4, 0.5) is 0 Å². The van der Waals surface area contributed by atoms with Gasteiger partial charge in [0.2, 0.25) is 5.91 Å². The third-order valence-electron chi connectivity index (χ3n) is 4.22. The van der Waals surface area contributed by atoms with Gasteiger partial charge in [0.05, 0.1) is 6.42 Å². The maximum atomic E-state index is 12.3. The van der Waals surface area contributed by atoms with Crippen LogP contribution in [0.1, 0.15) is 52.5 Å². The van der Waals surface area contributed by atoms with Crippen LogP contribution in [-0.2, 0) is 11.2 Å². The van der Waals surface area contributed by atoms with Crippen molar-refractivity contribution in [1.29, 1.82) is 0 Å². The molecule has 21 heavy (non-hydrogen) atoms. The van der Waals surface area contributed by atoms with Crippen molar-refractivity contribution in [3.63, 3.8) is 0 Å². The number of carbonyl (C=O) groups excluding carboxylic acids is 1. The van der Waals surface area contributed by atoms with Crippen molar-refractivity contribution in [2.75, 3.05) is 0 Å². The molecule has 0 unspecified atom stereocenters. The average Bonchev–Trinajstić information content (AvgIpc) is 2.27. The average molecular weight is 305 g/mol. The first-order chi connectivity index (χ1) is 9.65. The van der Waals surface area contributed by atoms with Crippen LogP contribution in [0.25, 0.3) is 0 Å². The minimum absolute atomic E-state index is 0.125. The number of hydrogen-bond acceptors (Lipinski definition) is 2. The number of carbonyl (C=O) groups is 1. The normalized spacial score (nSPS) is 21.0. The lowest BCUT2D eigenvalue weighted by Crippen LogP contribution is -2.46. The van der Waals surface area contributed by atoms with E-state index in [2.05, 4.69) is 45.6 Å². The summed E-state index contributed by atoms with van der Waals surface area (Å²) in [5.41, 5.74) is 1.64. The van der Waals surface area contributed by atoms with Crippen molar-refractivity contribution in [1.82, 2.24) is 5.32 Å². The Kier molecular flexibility index (Phi) is 4.72. The van der Waals surface area contributed by atoms with Crippen LogP contribution in [-0.4, -0.2) is 11.9 Å². The van der Waals surface area contributed by atoms with E-state index in [1.807, 2.05) is 24.3 Å². The minimum atomic E-state index is 0.125. The Balaban J connectivity index is 1.94. The van der Waals surface area contributed by atoms with Crippen molar-refractivity contribution in [3.05, 3.63) is 29.8 Å². The molecule has 0 bridgehead atoms. The molecule has 0 atom stereocenters. The maximum absolute atomic E-state index is 12.3. The van der Waals surface area contributed by atoms with Crippen molar-refractivity contribution >= 4 is 18.5 Å². The Morgan fingerprint density at radius 3 is 2.19 bits per heavy atom. The summed E-state index contributed by atoms with van der Waals surface area (Å²) < 4.78 is 0. The van der Waals surface area contributed by atoms with Crippen LogP contribution in [0.5, 0.6) is 0 Å². The molecule has 1 saturated carbocycles. The van der Waals surface area contributed by atoms with E-state index in [4.69, 9.17) is 0 Å². The molecule has 1 aromatic carbocycles. The number of rotatable bonds is 3. The maximum Gasteiger partial charge on any atom is 0.224 e. The highest BCUT2D eigenvalue weighted by Gasteiger charge is 2.38. The van der Waals surface area contributed by atoms with E-state index in [9.17, 15) is 4.79 Å². The minimum Gasteiger partial charge on any atom is -0.353 e. The zero-order valence-electron chi connectivity index (χ0n) is 13.6. The van der Waals surface area contributed by atoms with Gasteiger partial charge in [-0.15, -0.1) is 12.6 Å². The van der Waals surface area contributed by atoms with Crippen LogP contribution >= 0.6 is 12.6 Å². The van der Waals surface area contributed by atoms with E-state index in [-0.39, 0.29) is 5.91 Å². The van der Waals surface area contributed by atoms with Gasteiger partial charge in [-0.3, -0.25) is 4.79 Å². The first-order valence-corrected chi connectivity index (χ1v) is 8.17. The summed E-state index contributed by atoms with van der Waals surface area (Å²) in [6.07, 6.45) is 3.80. The molecule has 1 aromatic rings. The van der Waals surface area contributed by atoms with Crippen molar-refractivity contribution in [2.24, 2.45) is 10.8 Å². The Hall–Kier alpha value is -0.960.